The molecule has 1 atom stereocenters. The van der Waals surface area contributed by atoms with Crippen LogP contribution in [0.5, 0.6) is 0 Å². The molecule has 0 aliphatic heterocycles. The highest BCUT2D eigenvalue weighted by atomic mass is 35.5. The number of aryl methyl sites for hydroxylation is 1. The number of rotatable bonds is 3. The number of hydrogen-bond donors (Lipinski definition) is 0. The lowest BCUT2D eigenvalue weighted by atomic mass is 10.1. The molecule has 0 N–H and O–H groups in total. The summed E-state index contributed by atoms with van der Waals surface area (Å²) in [5.74, 6) is 0.488. The van der Waals surface area contributed by atoms with Gasteiger partial charge in [-0.05, 0) is 31.5 Å². The second kappa shape index (κ2) is 5.44. The Balaban J connectivity index is 2.20. The second-order valence-electron chi connectivity index (χ2n) is 4.25. The molecule has 0 aliphatic rings. The summed E-state index contributed by atoms with van der Waals surface area (Å²) in [7, 11) is 0. The first-order valence-electron chi connectivity index (χ1n) is 5.77. The smallest absolute Gasteiger partial charge is 0.132 e. The molecule has 1 unspecified atom stereocenters. The van der Waals surface area contributed by atoms with Gasteiger partial charge in [0.1, 0.15) is 11.6 Å². The summed E-state index contributed by atoms with van der Waals surface area (Å²) in [6, 6.07) is 6.37. The number of halogens is 2. The van der Waals surface area contributed by atoms with Gasteiger partial charge in [-0.2, -0.15) is 0 Å². The second-order valence-corrected chi connectivity index (χ2v) is 4.90. The Labute approximate surface area is 111 Å². The van der Waals surface area contributed by atoms with Crippen LogP contribution in [0.1, 0.15) is 34.9 Å². The zero-order valence-corrected chi connectivity index (χ0v) is 11.1. The van der Waals surface area contributed by atoms with Crippen molar-refractivity contribution in [1.82, 2.24) is 9.97 Å². The normalized spacial score (nSPS) is 12.4. The summed E-state index contributed by atoms with van der Waals surface area (Å²) in [6.07, 6.45) is 2.36. The Morgan fingerprint density at radius 3 is 2.50 bits per heavy atom. The lowest BCUT2D eigenvalue weighted by Crippen LogP contribution is -2.02. The molecule has 4 heteroatoms. The van der Waals surface area contributed by atoms with Crippen molar-refractivity contribution in [2.24, 2.45) is 0 Å². The van der Waals surface area contributed by atoms with E-state index in [4.69, 9.17) is 11.6 Å². The fraction of sp³-hybridized carbons (Fsp3) is 0.286. The van der Waals surface area contributed by atoms with Gasteiger partial charge in [0.15, 0.2) is 0 Å². The first kappa shape index (κ1) is 13.0. The summed E-state index contributed by atoms with van der Waals surface area (Å²) < 4.78 is 12.8. The van der Waals surface area contributed by atoms with E-state index >= 15 is 0 Å². The largest absolute Gasteiger partial charge is 0.241 e. The summed E-state index contributed by atoms with van der Waals surface area (Å²) in [5.41, 5.74) is 2.83. The van der Waals surface area contributed by atoms with Crippen molar-refractivity contribution in [2.45, 2.75) is 25.6 Å². The maximum absolute atomic E-state index is 12.8. The van der Waals surface area contributed by atoms with Gasteiger partial charge in [0.05, 0.1) is 5.38 Å². The van der Waals surface area contributed by atoms with Crippen molar-refractivity contribution in [3.05, 3.63) is 58.9 Å². The summed E-state index contributed by atoms with van der Waals surface area (Å²) in [4.78, 5) is 8.71. The van der Waals surface area contributed by atoms with Crippen LogP contribution in [-0.4, -0.2) is 9.97 Å². The van der Waals surface area contributed by atoms with E-state index in [0.29, 0.717) is 6.42 Å². The Kier molecular flexibility index (Phi) is 3.92. The fourth-order valence-electron chi connectivity index (χ4n) is 1.79. The third-order valence-electron chi connectivity index (χ3n) is 2.77. The van der Waals surface area contributed by atoms with Crippen molar-refractivity contribution < 1.29 is 4.39 Å². The van der Waals surface area contributed by atoms with Crippen LogP contribution >= 0.6 is 11.6 Å². The fourth-order valence-corrected chi connectivity index (χ4v) is 2.00. The molecule has 2 rings (SSSR count). The average Bonchev–Trinajstić information content (AvgIpc) is 2.32. The molecule has 0 aliphatic carbocycles. The maximum Gasteiger partial charge on any atom is 0.132 e. The molecular formula is C14H14ClFN2. The van der Waals surface area contributed by atoms with E-state index in [9.17, 15) is 4.39 Å². The molecule has 0 radical (unpaired) electrons. The minimum Gasteiger partial charge on any atom is -0.241 e. The van der Waals surface area contributed by atoms with Gasteiger partial charge in [0.25, 0.3) is 0 Å². The molecular weight excluding hydrogens is 251 g/mol. The Hall–Kier alpha value is -1.48. The van der Waals surface area contributed by atoms with Gasteiger partial charge in [-0.1, -0.05) is 12.1 Å². The number of benzene rings is 1. The van der Waals surface area contributed by atoms with Crippen LogP contribution in [0.3, 0.4) is 0 Å². The van der Waals surface area contributed by atoms with Crippen molar-refractivity contribution in [3.8, 4) is 0 Å². The molecule has 1 aromatic carbocycles. The topological polar surface area (TPSA) is 25.8 Å². The van der Waals surface area contributed by atoms with Gasteiger partial charge in [0, 0.05) is 23.9 Å². The quantitative estimate of drug-likeness (QED) is 0.788. The highest BCUT2D eigenvalue weighted by Crippen LogP contribution is 2.21. The minimum absolute atomic E-state index is 0.0927. The lowest BCUT2D eigenvalue weighted by Gasteiger charge is -2.08. The first-order valence-corrected chi connectivity index (χ1v) is 6.21. The molecule has 18 heavy (non-hydrogen) atoms. The number of hydrogen-bond acceptors (Lipinski definition) is 2. The minimum atomic E-state index is -0.234. The van der Waals surface area contributed by atoms with Crippen LogP contribution in [0, 0.1) is 12.7 Å². The van der Waals surface area contributed by atoms with E-state index < -0.39 is 0 Å². The maximum atomic E-state index is 12.8. The van der Waals surface area contributed by atoms with Crippen LogP contribution in [0.2, 0.25) is 0 Å². The van der Waals surface area contributed by atoms with Crippen LogP contribution in [-0.2, 0) is 6.42 Å². The van der Waals surface area contributed by atoms with Crippen molar-refractivity contribution in [2.75, 3.05) is 0 Å². The van der Waals surface area contributed by atoms with Gasteiger partial charge in [-0.25, -0.2) is 14.4 Å². The summed E-state index contributed by atoms with van der Waals surface area (Å²) in [5, 5.41) is -0.0927. The molecule has 1 heterocycles. The Morgan fingerprint density at radius 1 is 1.28 bits per heavy atom. The molecule has 0 saturated carbocycles. The highest BCUT2D eigenvalue weighted by molar-refractivity contribution is 6.20. The van der Waals surface area contributed by atoms with E-state index in [1.165, 1.54) is 12.1 Å². The van der Waals surface area contributed by atoms with E-state index in [0.717, 1.165) is 22.6 Å². The van der Waals surface area contributed by atoms with Crippen LogP contribution < -0.4 is 0 Å². The van der Waals surface area contributed by atoms with Gasteiger partial charge < -0.3 is 0 Å². The zero-order chi connectivity index (χ0) is 13.1. The number of aromatic nitrogens is 2. The zero-order valence-electron chi connectivity index (χ0n) is 10.3. The number of alkyl halides is 1. The average molecular weight is 265 g/mol. The molecule has 2 aromatic rings. The number of nitrogens with zero attached hydrogens (tertiary/aromatic N) is 2. The first-order chi connectivity index (χ1) is 8.56. The molecule has 0 amide bonds. The Bertz CT molecular complexity index is 538. The van der Waals surface area contributed by atoms with Crippen LogP contribution in [0.15, 0.2) is 30.5 Å². The summed E-state index contributed by atoms with van der Waals surface area (Å²) in [6.45, 7) is 3.82. The van der Waals surface area contributed by atoms with Gasteiger partial charge in [0.2, 0.25) is 0 Å². The van der Waals surface area contributed by atoms with Gasteiger partial charge in [-0.3, -0.25) is 0 Å². The Morgan fingerprint density at radius 2 is 1.94 bits per heavy atom. The molecule has 0 saturated heterocycles. The molecule has 1 aromatic heterocycles. The molecule has 2 nitrogen and oxygen atoms in total. The third-order valence-corrected chi connectivity index (χ3v) is 3.01. The van der Waals surface area contributed by atoms with E-state index in [1.54, 1.807) is 18.3 Å². The van der Waals surface area contributed by atoms with E-state index in [2.05, 4.69) is 9.97 Å². The lowest BCUT2D eigenvalue weighted by molar-refractivity contribution is 0.627. The van der Waals surface area contributed by atoms with Crippen molar-refractivity contribution in [3.63, 3.8) is 0 Å². The molecule has 0 spiro atoms. The molecule has 94 valence electrons. The standard InChI is InChI=1S/C14H14ClFN2/c1-9(15)13-8-17-14(18-10(13)2)7-11-3-5-12(16)6-4-11/h3-6,8-9H,7H2,1-2H3. The third kappa shape index (κ3) is 3.05. The predicted octanol–water partition coefficient (Wildman–Crippen LogP) is 3.81. The monoisotopic (exact) mass is 264 g/mol. The van der Waals surface area contributed by atoms with E-state index in [1.807, 2.05) is 13.8 Å². The summed E-state index contributed by atoms with van der Waals surface area (Å²) >= 11 is 6.02. The predicted molar refractivity (Wildman–Crippen MR) is 70.2 cm³/mol. The van der Waals surface area contributed by atoms with Crippen LogP contribution in [0.4, 0.5) is 4.39 Å². The van der Waals surface area contributed by atoms with Crippen molar-refractivity contribution in [1.29, 1.82) is 0 Å². The van der Waals surface area contributed by atoms with Crippen molar-refractivity contribution >= 4 is 11.6 Å². The van der Waals surface area contributed by atoms with E-state index in [-0.39, 0.29) is 11.2 Å². The molecule has 0 bridgehead atoms. The van der Waals surface area contributed by atoms with Gasteiger partial charge in [-0.15, -0.1) is 11.6 Å². The highest BCUT2D eigenvalue weighted by Gasteiger charge is 2.08. The molecule has 0 fully saturated rings. The van der Waals surface area contributed by atoms with Crippen LogP contribution in [0.25, 0.3) is 0 Å². The SMILES string of the molecule is Cc1nc(Cc2ccc(F)cc2)ncc1C(C)Cl. The van der Waals surface area contributed by atoms with Gasteiger partial charge >= 0.3 is 0 Å².